The number of hydrogen-bond acceptors (Lipinski definition) is 4. The fourth-order valence-electron chi connectivity index (χ4n) is 1.60. The molecule has 0 saturated carbocycles. The lowest BCUT2D eigenvalue weighted by Gasteiger charge is -2.22. The van der Waals surface area contributed by atoms with Crippen LogP contribution in [0.3, 0.4) is 0 Å². The van der Waals surface area contributed by atoms with Crippen LogP contribution in [0.1, 0.15) is 19.4 Å². The lowest BCUT2D eigenvalue weighted by Crippen LogP contribution is -2.21. The van der Waals surface area contributed by atoms with Crippen molar-refractivity contribution < 1.29 is 14.4 Å². The number of oxime groups is 1. The van der Waals surface area contributed by atoms with Crippen molar-refractivity contribution in [1.82, 2.24) is 0 Å². The molecule has 88 valence electrons. The SMILES string of the molecule is CC(=O)O/N=C1/C=CC(C)(c2ccccc2)O1. The van der Waals surface area contributed by atoms with Gasteiger partial charge in [0.1, 0.15) is 0 Å². The summed E-state index contributed by atoms with van der Waals surface area (Å²) in [7, 11) is 0. The molecule has 0 saturated heterocycles. The molecule has 0 aromatic heterocycles. The molecule has 0 bridgehead atoms. The number of benzene rings is 1. The molecular weight excluding hydrogens is 218 g/mol. The van der Waals surface area contributed by atoms with Crippen molar-refractivity contribution in [3.63, 3.8) is 0 Å². The maximum Gasteiger partial charge on any atom is 0.332 e. The summed E-state index contributed by atoms with van der Waals surface area (Å²) in [5.41, 5.74) is 0.463. The summed E-state index contributed by atoms with van der Waals surface area (Å²) >= 11 is 0. The second kappa shape index (κ2) is 4.41. The van der Waals surface area contributed by atoms with Gasteiger partial charge in [-0.05, 0) is 23.7 Å². The Hall–Kier alpha value is -2.10. The van der Waals surface area contributed by atoms with Crippen molar-refractivity contribution in [2.45, 2.75) is 19.4 Å². The maximum atomic E-state index is 10.6. The van der Waals surface area contributed by atoms with Crippen LogP contribution in [0.15, 0.2) is 47.6 Å². The lowest BCUT2D eigenvalue weighted by atomic mass is 9.97. The zero-order valence-electron chi connectivity index (χ0n) is 9.71. The molecule has 2 rings (SSSR count). The van der Waals surface area contributed by atoms with E-state index in [0.717, 1.165) is 5.56 Å². The first-order valence-corrected chi connectivity index (χ1v) is 5.29. The molecule has 1 atom stereocenters. The van der Waals surface area contributed by atoms with Gasteiger partial charge in [0.25, 0.3) is 5.90 Å². The van der Waals surface area contributed by atoms with Gasteiger partial charge in [0, 0.05) is 13.0 Å². The van der Waals surface area contributed by atoms with Crippen molar-refractivity contribution in [1.29, 1.82) is 0 Å². The van der Waals surface area contributed by atoms with Crippen LogP contribution < -0.4 is 0 Å². The summed E-state index contributed by atoms with van der Waals surface area (Å²) in [6.45, 7) is 3.22. The maximum absolute atomic E-state index is 10.6. The minimum atomic E-state index is -0.555. The van der Waals surface area contributed by atoms with Crippen molar-refractivity contribution >= 4 is 11.9 Å². The van der Waals surface area contributed by atoms with E-state index in [-0.39, 0.29) is 0 Å². The molecule has 1 heterocycles. The van der Waals surface area contributed by atoms with Gasteiger partial charge in [-0.15, -0.1) is 0 Å². The van der Waals surface area contributed by atoms with Gasteiger partial charge in [-0.1, -0.05) is 30.3 Å². The third-order valence-corrected chi connectivity index (χ3v) is 2.47. The van der Waals surface area contributed by atoms with E-state index in [1.807, 2.05) is 43.3 Å². The monoisotopic (exact) mass is 231 g/mol. The van der Waals surface area contributed by atoms with Gasteiger partial charge in [0.2, 0.25) is 0 Å². The van der Waals surface area contributed by atoms with Crippen LogP contribution in [-0.2, 0) is 20.0 Å². The molecule has 4 nitrogen and oxygen atoms in total. The van der Waals surface area contributed by atoms with Crippen molar-refractivity contribution in [3.05, 3.63) is 48.0 Å². The zero-order valence-corrected chi connectivity index (χ0v) is 9.71. The molecule has 17 heavy (non-hydrogen) atoms. The summed E-state index contributed by atoms with van der Waals surface area (Å²) < 4.78 is 5.65. The fraction of sp³-hybridized carbons (Fsp3) is 0.231. The minimum Gasteiger partial charge on any atom is -0.460 e. The summed E-state index contributed by atoms with van der Waals surface area (Å²) in [5, 5.41) is 3.60. The van der Waals surface area contributed by atoms with E-state index in [9.17, 15) is 4.79 Å². The predicted octanol–water partition coefficient (Wildman–Crippen LogP) is 2.36. The fourth-order valence-corrected chi connectivity index (χ4v) is 1.60. The Labute approximate surface area is 99.5 Å². The lowest BCUT2D eigenvalue weighted by molar-refractivity contribution is -0.141. The van der Waals surface area contributed by atoms with Gasteiger partial charge in [0.05, 0.1) is 0 Å². The molecule has 0 amide bonds. The molecule has 0 N–H and O–H groups in total. The van der Waals surface area contributed by atoms with Gasteiger partial charge >= 0.3 is 5.97 Å². The van der Waals surface area contributed by atoms with Gasteiger partial charge in [-0.3, -0.25) is 0 Å². The van der Waals surface area contributed by atoms with E-state index in [4.69, 9.17) is 4.74 Å². The van der Waals surface area contributed by atoms with E-state index >= 15 is 0 Å². The van der Waals surface area contributed by atoms with Crippen molar-refractivity contribution in [2.24, 2.45) is 5.16 Å². The standard InChI is InChI=1S/C13H13NO3/c1-10(15)17-14-12-8-9-13(2,16-12)11-6-4-3-5-7-11/h3-9H,1-2H3/b14-12-. The first-order valence-electron chi connectivity index (χ1n) is 5.29. The Morgan fingerprint density at radius 1 is 1.35 bits per heavy atom. The Balaban J connectivity index is 2.15. The Morgan fingerprint density at radius 3 is 2.71 bits per heavy atom. The van der Waals surface area contributed by atoms with E-state index in [0.29, 0.717) is 5.90 Å². The number of rotatable bonds is 2. The van der Waals surface area contributed by atoms with E-state index in [1.165, 1.54) is 6.92 Å². The second-order valence-corrected chi connectivity index (χ2v) is 3.92. The van der Waals surface area contributed by atoms with Crippen LogP contribution in [0, 0.1) is 0 Å². The molecule has 1 aromatic carbocycles. The molecule has 0 fully saturated rings. The number of ether oxygens (including phenoxy) is 1. The third kappa shape index (κ3) is 2.53. The van der Waals surface area contributed by atoms with Crippen molar-refractivity contribution in [2.75, 3.05) is 0 Å². The average Bonchev–Trinajstić information content (AvgIpc) is 2.71. The van der Waals surface area contributed by atoms with Crippen molar-refractivity contribution in [3.8, 4) is 0 Å². The number of carbonyl (C=O) groups is 1. The molecule has 1 aromatic rings. The molecule has 1 unspecified atom stereocenters. The predicted molar refractivity (Wildman–Crippen MR) is 63.2 cm³/mol. The van der Waals surface area contributed by atoms with E-state index in [1.54, 1.807) is 6.08 Å². The summed E-state index contributed by atoms with van der Waals surface area (Å²) in [5.74, 6) is -0.172. The Morgan fingerprint density at radius 2 is 2.06 bits per heavy atom. The van der Waals surface area contributed by atoms with Crippen LogP contribution in [0.5, 0.6) is 0 Å². The summed E-state index contributed by atoms with van der Waals surface area (Å²) in [6, 6.07) is 9.77. The molecule has 0 aliphatic carbocycles. The van der Waals surface area contributed by atoms with Crippen LogP contribution in [0.2, 0.25) is 0 Å². The molecule has 0 spiro atoms. The van der Waals surface area contributed by atoms with E-state index < -0.39 is 11.6 Å². The normalized spacial score (nSPS) is 24.7. The Kier molecular flexibility index (Phi) is 2.95. The van der Waals surface area contributed by atoms with Crippen LogP contribution in [0.4, 0.5) is 0 Å². The van der Waals surface area contributed by atoms with Gasteiger partial charge in [-0.25, -0.2) is 4.79 Å². The minimum absolute atomic E-state index is 0.298. The molecule has 0 radical (unpaired) electrons. The highest BCUT2D eigenvalue weighted by Crippen LogP contribution is 2.31. The first-order chi connectivity index (χ1) is 8.10. The molecule has 1 aliphatic heterocycles. The first kappa shape index (κ1) is 11.4. The van der Waals surface area contributed by atoms with Crippen LogP contribution in [0.25, 0.3) is 0 Å². The molecule has 1 aliphatic rings. The number of hydrogen-bond donors (Lipinski definition) is 0. The van der Waals surface area contributed by atoms with Gasteiger partial charge < -0.3 is 9.57 Å². The van der Waals surface area contributed by atoms with Gasteiger partial charge in [0.15, 0.2) is 5.60 Å². The molecule has 4 heteroatoms. The van der Waals surface area contributed by atoms with Gasteiger partial charge in [-0.2, -0.15) is 0 Å². The zero-order chi connectivity index (χ0) is 12.3. The van der Waals surface area contributed by atoms with Crippen LogP contribution in [-0.4, -0.2) is 11.9 Å². The smallest absolute Gasteiger partial charge is 0.332 e. The van der Waals surface area contributed by atoms with E-state index in [2.05, 4.69) is 9.99 Å². The quantitative estimate of drug-likeness (QED) is 0.580. The average molecular weight is 231 g/mol. The number of carbonyl (C=O) groups excluding carboxylic acids is 1. The largest absolute Gasteiger partial charge is 0.460 e. The van der Waals surface area contributed by atoms with Crippen LogP contribution >= 0.6 is 0 Å². The Bertz CT molecular complexity index is 479. The summed E-state index contributed by atoms with van der Waals surface area (Å²) in [6.07, 6.45) is 3.57. The molecular formula is C13H13NO3. The highest BCUT2D eigenvalue weighted by molar-refractivity contribution is 5.90. The highest BCUT2D eigenvalue weighted by atomic mass is 16.7. The highest BCUT2D eigenvalue weighted by Gasteiger charge is 2.31. The summed E-state index contributed by atoms with van der Waals surface area (Å²) in [4.78, 5) is 15.2. The topological polar surface area (TPSA) is 47.9 Å². The number of nitrogens with zero attached hydrogens (tertiary/aromatic N) is 1. The third-order valence-electron chi connectivity index (χ3n) is 2.47. The second-order valence-electron chi connectivity index (χ2n) is 3.92.